The molecular weight excluding hydrogens is 462 g/mol. The highest BCUT2D eigenvalue weighted by molar-refractivity contribution is 7.89. The van der Waals surface area contributed by atoms with Crippen LogP contribution in [-0.2, 0) is 19.6 Å². The SMILES string of the molecule is COc1ccc(OC)c(S(=O)(=O)N2CCN(C(=O)C3CCN(C(=O)OC(C)(C)C)CC3)CC2)c1. The van der Waals surface area contributed by atoms with Crippen LogP contribution in [0, 0.1) is 5.92 Å². The molecule has 2 saturated heterocycles. The number of piperidine rings is 1. The third kappa shape index (κ3) is 5.93. The van der Waals surface area contributed by atoms with Gasteiger partial charge in [-0.2, -0.15) is 4.31 Å². The van der Waals surface area contributed by atoms with Crippen molar-refractivity contribution in [1.29, 1.82) is 0 Å². The van der Waals surface area contributed by atoms with Gasteiger partial charge in [0.2, 0.25) is 15.9 Å². The summed E-state index contributed by atoms with van der Waals surface area (Å²) in [4.78, 5) is 28.7. The van der Waals surface area contributed by atoms with Crippen molar-refractivity contribution in [2.75, 3.05) is 53.5 Å². The minimum atomic E-state index is -3.81. The molecule has 0 spiro atoms. The number of rotatable bonds is 5. The van der Waals surface area contributed by atoms with E-state index in [-0.39, 0.29) is 41.7 Å². The first-order valence-corrected chi connectivity index (χ1v) is 12.9. The van der Waals surface area contributed by atoms with Gasteiger partial charge < -0.3 is 24.0 Å². The van der Waals surface area contributed by atoms with Crippen LogP contribution in [0.1, 0.15) is 33.6 Å². The second-order valence-electron chi connectivity index (χ2n) is 9.49. The number of hydrogen-bond donors (Lipinski definition) is 0. The fourth-order valence-corrected chi connectivity index (χ4v) is 5.76. The van der Waals surface area contributed by atoms with E-state index in [2.05, 4.69) is 0 Å². The molecule has 0 radical (unpaired) electrons. The number of likely N-dealkylation sites (tertiary alicyclic amines) is 1. The van der Waals surface area contributed by atoms with Gasteiger partial charge >= 0.3 is 6.09 Å². The molecule has 34 heavy (non-hydrogen) atoms. The molecule has 2 aliphatic rings. The molecule has 1 aromatic carbocycles. The van der Waals surface area contributed by atoms with Gasteiger partial charge in [0.15, 0.2) is 0 Å². The molecule has 0 atom stereocenters. The van der Waals surface area contributed by atoms with Gasteiger partial charge in [0.1, 0.15) is 22.0 Å². The third-order valence-electron chi connectivity index (χ3n) is 6.03. The minimum absolute atomic E-state index is 0.0137. The molecule has 190 valence electrons. The number of carbonyl (C=O) groups excluding carboxylic acids is 2. The zero-order valence-electron chi connectivity index (χ0n) is 20.6. The van der Waals surface area contributed by atoms with Crippen molar-refractivity contribution in [3.05, 3.63) is 18.2 Å². The maximum atomic E-state index is 13.2. The second-order valence-corrected chi connectivity index (χ2v) is 11.4. The number of amides is 2. The highest BCUT2D eigenvalue weighted by Crippen LogP contribution is 2.31. The fourth-order valence-electron chi connectivity index (χ4n) is 4.17. The quantitative estimate of drug-likeness (QED) is 0.614. The molecule has 2 aliphatic heterocycles. The largest absolute Gasteiger partial charge is 0.497 e. The average molecular weight is 498 g/mol. The van der Waals surface area contributed by atoms with E-state index in [9.17, 15) is 18.0 Å². The van der Waals surface area contributed by atoms with Crippen LogP contribution in [0.3, 0.4) is 0 Å². The van der Waals surface area contributed by atoms with Gasteiger partial charge in [0.05, 0.1) is 14.2 Å². The number of hydrogen-bond acceptors (Lipinski definition) is 7. The zero-order valence-corrected chi connectivity index (χ0v) is 21.4. The summed E-state index contributed by atoms with van der Waals surface area (Å²) >= 11 is 0. The van der Waals surface area contributed by atoms with Crippen molar-refractivity contribution in [3.8, 4) is 11.5 Å². The van der Waals surface area contributed by atoms with Gasteiger partial charge in [-0.1, -0.05) is 0 Å². The number of methoxy groups -OCH3 is 2. The van der Waals surface area contributed by atoms with E-state index in [1.54, 1.807) is 21.9 Å². The van der Waals surface area contributed by atoms with Crippen molar-refractivity contribution >= 4 is 22.0 Å². The summed E-state index contributed by atoms with van der Waals surface area (Å²) in [7, 11) is -0.916. The number of carbonyl (C=O) groups is 2. The number of ether oxygens (including phenoxy) is 3. The highest BCUT2D eigenvalue weighted by atomic mass is 32.2. The molecule has 2 amide bonds. The normalized spacial score (nSPS) is 18.5. The summed E-state index contributed by atoms with van der Waals surface area (Å²) < 4.78 is 43.7. The molecule has 0 aromatic heterocycles. The Morgan fingerprint density at radius 3 is 2.06 bits per heavy atom. The molecule has 3 rings (SSSR count). The van der Waals surface area contributed by atoms with Gasteiger partial charge in [-0.25, -0.2) is 13.2 Å². The van der Waals surface area contributed by atoms with Crippen molar-refractivity contribution in [1.82, 2.24) is 14.1 Å². The van der Waals surface area contributed by atoms with E-state index in [1.165, 1.54) is 24.6 Å². The first-order chi connectivity index (χ1) is 16.0. The Balaban J connectivity index is 1.57. The van der Waals surface area contributed by atoms with E-state index in [1.807, 2.05) is 20.8 Å². The Kier molecular flexibility index (Phi) is 7.97. The van der Waals surface area contributed by atoms with Gasteiger partial charge in [0.25, 0.3) is 0 Å². The lowest BCUT2D eigenvalue weighted by Crippen LogP contribution is -2.53. The number of nitrogens with zero attached hydrogens (tertiary/aromatic N) is 3. The number of piperazine rings is 1. The van der Waals surface area contributed by atoms with Crippen LogP contribution in [0.15, 0.2) is 23.1 Å². The summed E-state index contributed by atoms with van der Waals surface area (Å²) in [5, 5.41) is 0. The lowest BCUT2D eigenvalue weighted by Gasteiger charge is -2.38. The predicted octanol–water partition coefficient (Wildman–Crippen LogP) is 2.18. The summed E-state index contributed by atoms with van der Waals surface area (Å²) in [5.74, 6) is 0.502. The first kappa shape index (κ1) is 26.1. The standard InChI is InChI=1S/C23H35N3O7S/c1-23(2,3)33-22(28)25-10-8-17(9-11-25)21(27)24-12-14-26(15-13-24)34(29,30)20-16-18(31-4)6-7-19(20)32-5/h6-7,16-17H,8-15H2,1-5H3. The number of sulfonamides is 1. The van der Waals surface area contributed by atoms with Crippen molar-refractivity contribution < 1.29 is 32.2 Å². The van der Waals surface area contributed by atoms with Gasteiger partial charge in [-0.3, -0.25) is 4.79 Å². The molecule has 0 N–H and O–H groups in total. The van der Waals surface area contributed by atoms with Crippen molar-refractivity contribution in [2.24, 2.45) is 5.92 Å². The summed E-state index contributed by atoms with van der Waals surface area (Å²) in [6.45, 7) is 7.44. The molecule has 0 saturated carbocycles. The van der Waals surface area contributed by atoms with Crippen LogP contribution < -0.4 is 9.47 Å². The van der Waals surface area contributed by atoms with Gasteiger partial charge in [0, 0.05) is 51.3 Å². The van der Waals surface area contributed by atoms with Gasteiger partial charge in [-0.05, 0) is 45.7 Å². The lowest BCUT2D eigenvalue weighted by molar-refractivity contribution is -0.138. The smallest absolute Gasteiger partial charge is 0.410 e. The lowest BCUT2D eigenvalue weighted by atomic mass is 9.95. The van der Waals surface area contributed by atoms with Crippen LogP contribution in [0.25, 0.3) is 0 Å². The maximum absolute atomic E-state index is 13.2. The van der Waals surface area contributed by atoms with Crippen LogP contribution in [0.4, 0.5) is 4.79 Å². The molecule has 2 fully saturated rings. The van der Waals surface area contributed by atoms with Crippen LogP contribution in [-0.4, -0.2) is 93.6 Å². The second kappa shape index (κ2) is 10.4. The van der Waals surface area contributed by atoms with E-state index < -0.39 is 15.6 Å². The summed E-state index contributed by atoms with van der Waals surface area (Å²) in [6.07, 6.45) is 0.778. The van der Waals surface area contributed by atoms with Crippen LogP contribution >= 0.6 is 0 Å². The Morgan fingerprint density at radius 1 is 0.912 bits per heavy atom. The van der Waals surface area contributed by atoms with E-state index in [4.69, 9.17) is 14.2 Å². The van der Waals surface area contributed by atoms with E-state index in [0.29, 0.717) is 44.8 Å². The number of benzene rings is 1. The molecule has 0 unspecified atom stereocenters. The first-order valence-electron chi connectivity index (χ1n) is 11.4. The summed E-state index contributed by atoms with van der Waals surface area (Å²) in [6, 6.07) is 4.65. The average Bonchev–Trinajstić information content (AvgIpc) is 2.82. The predicted molar refractivity (Wildman–Crippen MR) is 125 cm³/mol. The van der Waals surface area contributed by atoms with E-state index >= 15 is 0 Å². The summed E-state index contributed by atoms with van der Waals surface area (Å²) in [5.41, 5.74) is -0.557. The molecule has 0 bridgehead atoms. The zero-order chi connectivity index (χ0) is 25.1. The van der Waals surface area contributed by atoms with Crippen LogP contribution in [0.5, 0.6) is 11.5 Å². The van der Waals surface area contributed by atoms with Crippen molar-refractivity contribution in [2.45, 2.75) is 44.1 Å². The Bertz CT molecular complexity index is 990. The Hall–Kier alpha value is -2.53. The topological polar surface area (TPSA) is 106 Å². The monoisotopic (exact) mass is 497 g/mol. The van der Waals surface area contributed by atoms with Crippen molar-refractivity contribution in [3.63, 3.8) is 0 Å². The highest BCUT2D eigenvalue weighted by Gasteiger charge is 2.36. The minimum Gasteiger partial charge on any atom is -0.497 e. The molecule has 11 heteroatoms. The fraction of sp³-hybridized carbons (Fsp3) is 0.652. The Labute approximate surface area is 201 Å². The molecule has 1 aromatic rings. The third-order valence-corrected chi connectivity index (χ3v) is 7.95. The van der Waals surface area contributed by atoms with E-state index in [0.717, 1.165) is 0 Å². The molecule has 10 nitrogen and oxygen atoms in total. The molecule has 2 heterocycles. The van der Waals surface area contributed by atoms with Crippen LogP contribution in [0.2, 0.25) is 0 Å². The molecule has 0 aliphatic carbocycles. The maximum Gasteiger partial charge on any atom is 0.410 e. The van der Waals surface area contributed by atoms with Gasteiger partial charge in [-0.15, -0.1) is 0 Å². The Morgan fingerprint density at radius 2 is 1.53 bits per heavy atom. The molecular formula is C23H35N3O7S.